The van der Waals surface area contributed by atoms with Crippen molar-refractivity contribution in [2.24, 2.45) is 0 Å². The highest BCUT2D eigenvalue weighted by Gasteiger charge is 2.14. The van der Waals surface area contributed by atoms with Gasteiger partial charge in [-0.15, -0.1) is 0 Å². The van der Waals surface area contributed by atoms with Crippen molar-refractivity contribution in [3.05, 3.63) is 65.9 Å². The highest BCUT2D eigenvalue weighted by molar-refractivity contribution is 5.66. The summed E-state index contributed by atoms with van der Waals surface area (Å²) in [5.74, 6) is 1.54. The average molecular weight is 249 g/mol. The second-order valence-electron chi connectivity index (χ2n) is 4.61. The van der Waals surface area contributed by atoms with Crippen LogP contribution in [-0.2, 0) is 0 Å². The van der Waals surface area contributed by atoms with Crippen LogP contribution in [0.1, 0.15) is 11.3 Å². The summed E-state index contributed by atoms with van der Waals surface area (Å²) in [5, 5.41) is 0. The van der Waals surface area contributed by atoms with Gasteiger partial charge in [0.1, 0.15) is 0 Å². The van der Waals surface area contributed by atoms with E-state index in [1.54, 1.807) is 0 Å². The van der Waals surface area contributed by atoms with Crippen LogP contribution in [0, 0.1) is 13.8 Å². The maximum Gasteiger partial charge on any atom is 0.226 e. The summed E-state index contributed by atoms with van der Waals surface area (Å²) >= 11 is 0. The van der Waals surface area contributed by atoms with Crippen molar-refractivity contribution in [3.63, 3.8) is 0 Å². The van der Waals surface area contributed by atoms with E-state index in [0.717, 1.165) is 22.6 Å². The van der Waals surface area contributed by atoms with Crippen molar-refractivity contribution in [2.45, 2.75) is 13.8 Å². The molecule has 0 aliphatic carbocycles. The van der Waals surface area contributed by atoms with Gasteiger partial charge in [0.15, 0.2) is 5.76 Å². The number of benzene rings is 2. The molecule has 0 aliphatic rings. The van der Waals surface area contributed by atoms with Gasteiger partial charge in [-0.25, -0.2) is 4.98 Å². The van der Waals surface area contributed by atoms with Gasteiger partial charge in [0.05, 0.1) is 5.69 Å². The molecule has 3 rings (SSSR count). The topological polar surface area (TPSA) is 26.0 Å². The average Bonchev–Trinajstić information content (AvgIpc) is 2.82. The summed E-state index contributed by atoms with van der Waals surface area (Å²) in [7, 11) is 0. The molecule has 0 atom stereocenters. The van der Waals surface area contributed by atoms with Gasteiger partial charge in [-0.1, -0.05) is 42.5 Å². The third kappa shape index (κ3) is 2.17. The van der Waals surface area contributed by atoms with E-state index in [2.05, 4.69) is 24.0 Å². The van der Waals surface area contributed by atoms with E-state index < -0.39 is 0 Å². The third-order valence-corrected chi connectivity index (χ3v) is 3.21. The summed E-state index contributed by atoms with van der Waals surface area (Å²) in [6.07, 6.45) is 0. The number of rotatable bonds is 2. The van der Waals surface area contributed by atoms with Crippen LogP contribution in [0.3, 0.4) is 0 Å². The molecule has 1 aromatic heterocycles. The lowest BCUT2D eigenvalue weighted by molar-refractivity contribution is 0.587. The third-order valence-electron chi connectivity index (χ3n) is 3.21. The van der Waals surface area contributed by atoms with Gasteiger partial charge < -0.3 is 4.42 Å². The van der Waals surface area contributed by atoms with Crippen molar-refractivity contribution in [1.29, 1.82) is 0 Å². The van der Waals surface area contributed by atoms with Gasteiger partial charge in [0, 0.05) is 11.1 Å². The SMILES string of the molecule is Cc1ccccc1-c1oc(-c2ccccc2)nc1C. The minimum Gasteiger partial charge on any atom is -0.436 e. The van der Waals surface area contributed by atoms with Crippen molar-refractivity contribution >= 4 is 0 Å². The van der Waals surface area contributed by atoms with Gasteiger partial charge in [-0.2, -0.15) is 0 Å². The molecule has 2 heteroatoms. The summed E-state index contributed by atoms with van der Waals surface area (Å²) in [4.78, 5) is 4.53. The van der Waals surface area contributed by atoms with Crippen LogP contribution in [0.5, 0.6) is 0 Å². The zero-order valence-electron chi connectivity index (χ0n) is 11.1. The fourth-order valence-electron chi connectivity index (χ4n) is 2.18. The first kappa shape index (κ1) is 11.7. The molecule has 0 bridgehead atoms. The molecule has 0 saturated heterocycles. The highest BCUT2D eigenvalue weighted by atomic mass is 16.4. The number of aryl methyl sites for hydroxylation is 2. The van der Waals surface area contributed by atoms with Crippen molar-refractivity contribution in [1.82, 2.24) is 4.98 Å². The predicted molar refractivity (Wildman–Crippen MR) is 76.8 cm³/mol. The van der Waals surface area contributed by atoms with E-state index in [4.69, 9.17) is 4.42 Å². The molecule has 0 unspecified atom stereocenters. The Morgan fingerprint density at radius 1 is 0.842 bits per heavy atom. The van der Waals surface area contributed by atoms with Crippen LogP contribution >= 0.6 is 0 Å². The maximum atomic E-state index is 5.96. The Kier molecular flexibility index (Phi) is 2.92. The van der Waals surface area contributed by atoms with E-state index in [0.29, 0.717) is 5.89 Å². The van der Waals surface area contributed by atoms with Crippen LogP contribution in [-0.4, -0.2) is 4.98 Å². The lowest BCUT2D eigenvalue weighted by Crippen LogP contribution is -1.82. The number of oxazole rings is 1. The van der Waals surface area contributed by atoms with E-state index >= 15 is 0 Å². The van der Waals surface area contributed by atoms with E-state index in [1.165, 1.54) is 5.56 Å². The molecule has 0 N–H and O–H groups in total. The molecule has 0 radical (unpaired) electrons. The van der Waals surface area contributed by atoms with Gasteiger partial charge in [-0.3, -0.25) is 0 Å². The molecule has 0 amide bonds. The molecule has 19 heavy (non-hydrogen) atoms. The Morgan fingerprint density at radius 2 is 1.53 bits per heavy atom. The first-order valence-corrected chi connectivity index (χ1v) is 6.34. The maximum absolute atomic E-state index is 5.96. The second kappa shape index (κ2) is 4.73. The van der Waals surface area contributed by atoms with Crippen LogP contribution in [0.15, 0.2) is 59.0 Å². The largest absolute Gasteiger partial charge is 0.436 e. The van der Waals surface area contributed by atoms with Crippen LogP contribution in [0.25, 0.3) is 22.8 Å². The highest BCUT2D eigenvalue weighted by Crippen LogP contribution is 2.30. The first-order valence-electron chi connectivity index (χ1n) is 6.34. The molecular weight excluding hydrogens is 234 g/mol. The molecule has 94 valence electrons. The summed E-state index contributed by atoms with van der Waals surface area (Å²) < 4.78 is 5.96. The summed E-state index contributed by atoms with van der Waals surface area (Å²) in [6, 6.07) is 18.2. The summed E-state index contributed by atoms with van der Waals surface area (Å²) in [6.45, 7) is 4.07. The minimum absolute atomic E-state index is 0.677. The lowest BCUT2D eigenvalue weighted by atomic mass is 10.1. The Morgan fingerprint density at radius 3 is 2.26 bits per heavy atom. The molecule has 0 saturated carbocycles. The molecule has 2 aromatic carbocycles. The predicted octanol–water partition coefficient (Wildman–Crippen LogP) is 4.63. The van der Waals surface area contributed by atoms with Crippen molar-refractivity contribution < 1.29 is 4.42 Å². The minimum atomic E-state index is 0.677. The molecule has 0 spiro atoms. The lowest BCUT2D eigenvalue weighted by Gasteiger charge is -2.01. The Hall–Kier alpha value is -2.35. The molecular formula is C17H15NO. The zero-order valence-corrected chi connectivity index (χ0v) is 11.1. The fourth-order valence-corrected chi connectivity index (χ4v) is 2.18. The number of aromatic nitrogens is 1. The Balaban J connectivity index is 2.11. The van der Waals surface area contributed by atoms with Gasteiger partial charge >= 0.3 is 0 Å². The summed E-state index contributed by atoms with van der Waals surface area (Å²) in [5.41, 5.74) is 4.23. The quantitative estimate of drug-likeness (QED) is 0.662. The standard InChI is InChI=1S/C17H15NO/c1-12-8-6-7-11-15(12)16-13(2)18-17(19-16)14-9-4-3-5-10-14/h3-11H,1-2H3. The number of hydrogen-bond acceptors (Lipinski definition) is 2. The van der Waals surface area contributed by atoms with E-state index in [-0.39, 0.29) is 0 Å². The monoisotopic (exact) mass is 249 g/mol. The van der Waals surface area contributed by atoms with Crippen LogP contribution in [0.2, 0.25) is 0 Å². The molecule has 2 nitrogen and oxygen atoms in total. The molecule has 1 heterocycles. The molecule has 3 aromatic rings. The van der Waals surface area contributed by atoms with E-state index in [9.17, 15) is 0 Å². The molecule has 0 aliphatic heterocycles. The van der Waals surface area contributed by atoms with Gasteiger partial charge in [-0.05, 0) is 31.5 Å². The number of hydrogen-bond donors (Lipinski definition) is 0. The van der Waals surface area contributed by atoms with Crippen molar-refractivity contribution in [3.8, 4) is 22.8 Å². The zero-order chi connectivity index (χ0) is 13.2. The molecule has 0 fully saturated rings. The fraction of sp³-hybridized carbons (Fsp3) is 0.118. The normalized spacial score (nSPS) is 10.6. The Bertz CT molecular complexity index is 698. The van der Waals surface area contributed by atoms with Gasteiger partial charge in [0.2, 0.25) is 5.89 Å². The van der Waals surface area contributed by atoms with Gasteiger partial charge in [0.25, 0.3) is 0 Å². The number of nitrogens with zero attached hydrogens (tertiary/aromatic N) is 1. The van der Waals surface area contributed by atoms with Crippen molar-refractivity contribution in [2.75, 3.05) is 0 Å². The second-order valence-corrected chi connectivity index (χ2v) is 4.61. The smallest absolute Gasteiger partial charge is 0.226 e. The van der Waals surface area contributed by atoms with E-state index in [1.807, 2.05) is 49.4 Å². The van der Waals surface area contributed by atoms with Crippen LogP contribution in [0.4, 0.5) is 0 Å². The Labute approximate surface area is 112 Å². The first-order chi connectivity index (χ1) is 9.25. The van der Waals surface area contributed by atoms with Crippen LogP contribution < -0.4 is 0 Å².